The zero-order valence-corrected chi connectivity index (χ0v) is 16.2. The third-order valence-electron chi connectivity index (χ3n) is 3.97. The van der Waals surface area contributed by atoms with Crippen molar-refractivity contribution in [2.45, 2.75) is 28.7 Å². The lowest BCUT2D eigenvalue weighted by molar-refractivity contribution is -0.387. The van der Waals surface area contributed by atoms with Crippen molar-refractivity contribution < 1.29 is 14.5 Å². The molecule has 0 unspecified atom stereocenters. The summed E-state index contributed by atoms with van der Waals surface area (Å²) in [5.74, 6) is -0.330. The molecule has 2 aromatic rings. The third-order valence-corrected chi connectivity index (χ3v) is 5.58. The third kappa shape index (κ3) is 4.84. The molecule has 0 spiro atoms. The molecule has 2 aromatic carbocycles. The molecule has 0 aromatic heterocycles. The highest BCUT2D eigenvalue weighted by Gasteiger charge is 2.20. The Bertz CT molecular complexity index is 807. The molecule has 136 valence electrons. The zero-order valence-electron chi connectivity index (χ0n) is 13.8. The van der Waals surface area contributed by atoms with Gasteiger partial charge in [-0.05, 0) is 49.2 Å². The number of hydrogen-bond donors (Lipinski definition) is 1. The number of carbonyl (C=O) groups is 1. The van der Waals surface area contributed by atoms with E-state index in [9.17, 15) is 14.9 Å². The Morgan fingerprint density at radius 1 is 1.31 bits per heavy atom. The fourth-order valence-corrected chi connectivity index (χ4v) is 3.80. The van der Waals surface area contributed by atoms with Crippen molar-refractivity contribution in [1.29, 1.82) is 0 Å². The number of carbonyl (C=O) groups excluding carboxylic acids is 1. The van der Waals surface area contributed by atoms with E-state index in [1.807, 2.05) is 24.3 Å². The van der Waals surface area contributed by atoms with E-state index in [0.717, 1.165) is 22.2 Å². The molecule has 3 rings (SSSR count). The van der Waals surface area contributed by atoms with Gasteiger partial charge in [0, 0.05) is 34.1 Å². The van der Waals surface area contributed by atoms with E-state index >= 15 is 0 Å². The van der Waals surface area contributed by atoms with Gasteiger partial charge in [0.05, 0.1) is 15.9 Å². The summed E-state index contributed by atoms with van der Waals surface area (Å²) in [6.45, 7) is 1.13. The second kappa shape index (κ2) is 8.66. The van der Waals surface area contributed by atoms with Crippen LogP contribution in [0.25, 0.3) is 0 Å². The number of nitro groups is 1. The lowest BCUT2D eigenvalue weighted by atomic mass is 10.2. The average Bonchev–Trinajstić information content (AvgIpc) is 3.15. The molecule has 1 fully saturated rings. The van der Waals surface area contributed by atoms with Crippen LogP contribution in [0.3, 0.4) is 0 Å². The van der Waals surface area contributed by atoms with Crippen molar-refractivity contribution in [3.8, 4) is 0 Å². The van der Waals surface area contributed by atoms with E-state index in [0.29, 0.717) is 18.0 Å². The summed E-state index contributed by atoms with van der Waals surface area (Å²) in [7, 11) is 0. The summed E-state index contributed by atoms with van der Waals surface area (Å²) in [6, 6.07) is 12.1. The topological polar surface area (TPSA) is 81.5 Å². The summed E-state index contributed by atoms with van der Waals surface area (Å²) in [5, 5.41) is 14.2. The second-order valence-electron chi connectivity index (χ2n) is 5.84. The van der Waals surface area contributed by atoms with E-state index in [2.05, 4.69) is 21.2 Å². The lowest BCUT2D eigenvalue weighted by Crippen LogP contribution is -2.31. The molecule has 26 heavy (non-hydrogen) atoms. The molecule has 1 amide bonds. The molecule has 0 bridgehead atoms. The number of benzene rings is 2. The first-order valence-electron chi connectivity index (χ1n) is 8.14. The van der Waals surface area contributed by atoms with E-state index in [4.69, 9.17) is 4.74 Å². The van der Waals surface area contributed by atoms with Gasteiger partial charge in [0.25, 0.3) is 11.6 Å². The highest BCUT2D eigenvalue weighted by Crippen LogP contribution is 2.35. The molecule has 1 atom stereocenters. The summed E-state index contributed by atoms with van der Waals surface area (Å²) in [6.07, 6.45) is 1.94. The van der Waals surface area contributed by atoms with Gasteiger partial charge in [0.2, 0.25) is 0 Å². The minimum atomic E-state index is -0.460. The summed E-state index contributed by atoms with van der Waals surface area (Å²) >= 11 is 4.65. The first-order chi connectivity index (χ1) is 12.5. The Morgan fingerprint density at radius 3 is 2.73 bits per heavy atom. The van der Waals surface area contributed by atoms with Crippen LogP contribution in [0.15, 0.2) is 56.7 Å². The Balaban J connectivity index is 1.74. The number of amides is 1. The van der Waals surface area contributed by atoms with Gasteiger partial charge in [0.15, 0.2) is 0 Å². The highest BCUT2D eigenvalue weighted by molar-refractivity contribution is 9.10. The minimum Gasteiger partial charge on any atom is -0.376 e. The number of ether oxygens (including phenoxy) is 1. The highest BCUT2D eigenvalue weighted by atomic mass is 79.9. The van der Waals surface area contributed by atoms with E-state index in [1.165, 1.54) is 17.8 Å². The fraction of sp³-hybridized carbons (Fsp3) is 0.278. The SMILES string of the molecule is O=C(NC[C@H]1CCCO1)c1ccc(Sc2ccc(Br)cc2)c([N+](=O)[O-])c1. The molecule has 8 heteroatoms. The van der Waals surface area contributed by atoms with Gasteiger partial charge in [-0.2, -0.15) is 0 Å². The van der Waals surface area contributed by atoms with Gasteiger partial charge in [0.1, 0.15) is 0 Å². The van der Waals surface area contributed by atoms with Crippen LogP contribution in [0.1, 0.15) is 23.2 Å². The second-order valence-corrected chi connectivity index (χ2v) is 7.87. The van der Waals surface area contributed by atoms with Crippen LogP contribution in [-0.2, 0) is 4.74 Å². The first kappa shape index (κ1) is 18.9. The summed E-state index contributed by atoms with van der Waals surface area (Å²) in [5.41, 5.74) is 0.192. The normalized spacial score (nSPS) is 16.4. The number of nitrogens with zero attached hydrogens (tertiary/aromatic N) is 1. The van der Waals surface area contributed by atoms with Crippen molar-refractivity contribution in [1.82, 2.24) is 5.32 Å². The van der Waals surface area contributed by atoms with Crippen LogP contribution in [0.5, 0.6) is 0 Å². The van der Waals surface area contributed by atoms with Crippen LogP contribution in [0, 0.1) is 10.1 Å². The maximum absolute atomic E-state index is 12.3. The summed E-state index contributed by atoms with van der Waals surface area (Å²) in [4.78, 5) is 24.6. The maximum atomic E-state index is 12.3. The van der Waals surface area contributed by atoms with Gasteiger partial charge >= 0.3 is 0 Å². The van der Waals surface area contributed by atoms with Crippen molar-refractivity contribution in [3.63, 3.8) is 0 Å². The molecular weight excluding hydrogens is 420 g/mol. The van der Waals surface area contributed by atoms with Crippen LogP contribution in [-0.4, -0.2) is 30.1 Å². The molecule has 1 aliphatic heterocycles. The van der Waals surface area contributed by atoms with Crippen molar-refractivity contribution >= 4 is 39.3 Å². The quantitative estimate of drug-likeness (QED) is 0.535. The van der Waals surface area contributed by atoms with Crippen LogP contribution < -0.4 is 5.32 Å². The lowest BCUT2D eigenvalue weighted by Gasteiger charge is -2.11. The van der Waals surface area contributed by atoms with Crippen molar-refractivity contribution in [3.05, 3.63) is 62.6 Å². The summed E-state index contributed by atoms with van der Waals surface area (Å²) < 4.78 is 6.40. The smallest absolute Gasteiger partial charge is 0.284 e. The Labute approximate surface area is 163 Å². The van der Waals surface area contributed by atoms with Gasteiger partial charge in [-0.15, -0.1) is 0 Å². The zero-order chi connectivity index (χ0) is 18.5. The molecular formula is C18H17BrN2O4S. The van der Waals surface area contributed by atoms with Gasteiger partial charge in [-0.1, -0.05) is 27.7 Å². The molecule has 1 aliphatic rings. The minimum absolute atomic E-state index is 0.0289. The molecule has 1 saturated heterocycles. The fourth-order valence-electron chi connectivity index (χ4n) is 2.63. The van der Waals surface area contributed by atoms with Crippen molar-refractivity contribution in [2.75, 3.05) is 13.2 Å². The Kier molecular flexibility index (Phi) is 6.29. The number of nitrogens with one attached hydrogen (secondary N) is 1. The van der Waals surface area contributed by atoms with Gasteiger partial charge in [-0.25, -0.2) is 0 Å². The van der Waals surface area contributed by atoms with E-state index in [-0.39, 0.29) is 23.3 Å². The average molecular weight is 437 g/mol. The van der Waals surface area contributed by atoms with Crippen LogP contribution in [0.2, 0.25) is 0 Å². The van der Waals surface area contributed by atoms with Gasteiger partial charge in [-0.3, -0.25) is 14.9 Å². The molecule has 1 heterocycles. The Hall–Kier alpha value is -1.90. The van der Waals surface area contributed by atoms with Gasteiger partial charge < -0.3 is 10.1 Å². The molecule has 0 saturated carbocycles. The monoisotopic (exact) mass is 436 g/mol. The molecule has 0 radical (unpaired) electrons. The van der Waals surface area contributed by atoms with E-state index < -0.39 is 4.92 Å². The van der Waals surface area contributed by atoms with E-state index in [1.54, 1.807) is 12.1 Å². The molecule has 0 aliphatic carbocycles. The molecule has 6 nitrogen and oxygen atoms in total. The first-order valence-corrected chi connectivity index (χ1v) is 9.75. The largest absolute Gasteiger partial charge is 0.376 e. The maximum Gasteiger partial charge on any atom is 0.284 e. The Morgan fingerprint density at radius 2 is 2.08 bits per heavy atom. The predicted molar refractivity (Wildman–Crippen MR) is 103 cm³/mol. The van der Waals surface area contributed by atoms with Crippen LogP contribution >= 0.6 is 27.7 Å². The number of rotatable bonds is 6. The number of halogens is 1. The number of hydrogen-bond acceptors (Lipinski definition) is 5. The molecule has 1 N–H and O–H groups in total. The van der Waals surface area contributed by atoms with Crippen LogP contribution in [0.4, 0.5) is 5.69 Å². The number of nitro benzene ring substituents is 1. The predicted octanol–water partition coefficient (Wildman–Crippen LogP) is 4.42. The standard InChI is InChI=1S/C18H17BrN2O4S/c19-13-4-6-15(7-5-13)26-17-8-3-12(10-16(17)21(23)24)18(22)20-11-14-2-1-9-25-14/h3-8,10,14H,1-2,9,11H2,(H,20,22)/t14-/m1/s1. The van der Waals surface area contributed by atoms with Crippen molar-refractivity contribution in [2.24, 2.45) is 0 Å².